The summed E-state index contributed by atoms with van der Waals surface area (Å²) in [5, 5.41) is 4.44. The number of hydrogen-bond donors (Lipinski definition) is 0. The Hall–Kier alpha value is 0.170. The van der Waals surface area contributed by atoms with E-state index in [9.17, 15) is 0 Å². The van der Waals surface area contributed by atoms with E-state index in [4.69, 9.17) is 0 Å². The Kier molecular flexibility index (Phi) is 4.64. The van der Waals surface area contributed by atoms with Crippen LogP contribution in [0.3, 0.4) is 0 Å². The average molecular weight is 352 g/mol. The molecule has 0 aliphatic heterocycles. The average Bonchev–Trinajstić information content (AvgIpc) is 2.44. The summed E-state index contributed by atoms with van der Waals surface area (Å²) in [6, 6.07) is 0.395. The fraction of sp³-hybridized carbons (Fsp3) is 0.750. The summed E-state index contributed by atoms with van der Waals surface area (Å²) in [4.78, 5) is 0.505. The van der Waals surface area contributed by atoms with E-state index in [-0.39, 0.29) is 5.41 Å². The summed E-state index contributed by atoms with van der Waals surface area (Å²) < 4.78 is 3.22. The molecule has 0 bridgehead atoms. The SMILES string of the molecule is CC(Br)CC(C)(C)c1c(Br)cnn1C(C)C. The van der Waals surface area contributed by atoms with Gasteiger partial charge in [0.15, 0.2) is 0 Å². The molecule has 92 valence electrons. The van der Waals surface area contributed by atoms with Gasteiger partial charge in [-0.25, -0.2) is 0 Å². The third kappa shape index (κ3) is 3.10. The Morgan fingerprint density at radius 3 is 2.38 bits per heavy atom. The highest BCUT2D eigenvalue weighted by Gasteiger charge is 2.29. The molecular weight excluding hydrogens is 332 g/mol. The minimum atomic E-state index is 0.114. The van der Waals surface area contributed by atoms with E-state index in [2.05, 4.69) is 76.3 Å². The van der Waals surface area contributed by atoms with Crippen LogP contribution < -0.4 is 0 Å². The zero-order chi connectivity index (χ0) is 12.5. The second-order valence-corrected chi connectivity index (χ2v) is 7.67. The van der Waals surface area contributed by atoms with Crippen molar-refractivity contribution in [2.24, 2.45) is 0 Å². The van der Waals surface area contributed by atoms with Gasteiger partial charge in [-0.15, -0.1) is 0 Å². The highest BCUT2D eigenvalue weighted by Crippen LogP contribution is 2.36. The molecule has 1 atom stereocenters. The van der Waals surface area contributed by atoms with E-state index in [1.807, 2.05) is 6.20 Å². The molecule has 0 amide bonds. The third-order valence-electron chi connectivity index (χ3n) is 2.67. The quantitative estimate of drug-likeness (QED) is 0.720. The molecule has 1 rings (SSSR count). The molecular formula is C12H20Br2N2. The van der Waals surface area contributed by atoms with Gasteiger partial charge in [0.25, 0.3) is 0 Å². The van der Waals surface area contributed by atoms with Crippen molar-refractivity contribution < 1.29 is 0 Å². The molecule has 2 nitrogen and oxygen atoms in total. The molecule has 0 N–H and O–H groups in total. The van der Waals surface area contributed by atoms with Crippen molar-refractivity contribution in [2.45, 2.75) is 57.3 Å². The van der Waals surface area contributed by atoms with Crippen molar-refractivity contribution in [3.05, 3.63) is 16.4 Å². The van der Waals surface area contributed by atoms with Crippen LogP contribution in [0.4, 0.5) is 0 Å². The maximum Gasteiger partial charge on any atom is 0.0635 e. The summed E-state index contributed by atoms with van der Waals surface area (Å²) in [7, 11) is 0. The first-order chi connectivity index (χ1) is 7.25. The van der Waals surface area contributed by atoms with Crippen molar-refractivity contribution in [3.8, 4) is 0 Å². The smallest absolute Gasteiger partial charge is 0.0635 e. The molecule has 0 saturated heterocycles. The first-order valence-electron chi connectivity index (χ1n) is 5.63. The van der Waals surface area contributed by atoms with Crippen LogP contribution in [0.5, 0.6) is 0 Å². The maximum atomic E-state index is 4.44. The number of halogens is 2. The molecule has 0 radical (unpaired) electrons. The topological polar surface area (TPSA) is 17.8 Å². The van der Waals surface area contributed by atoms with Crippen LogP contribution in [0.2, 0.25) is 0 Å². The van der Waals surface area contributed by atoms with E-state index in [1.54, 1.807) is 0 Å². The zero-order valence-corrected chi connectivity index (χ0v) is 13.8. The highest BCUT2D eigenvalue weighted by molar-refractivity contribution is 9.10. The normalized spacial score (nSPS) is 14.5. The Balaban J connectivity index is 3.15. The van der Waals surface area contributed by atoms with Crippen molar-refractivity contribution in [1.29, 1.82) is 0 Å². The van der Waals surface area contributed by atoms with Crippen LogP contribution in [0.25, 0.3) is 0 Å². The molecule has 0 aliphatic rings. The Morgan fingerprint density at radius 2 is 1.94 bits per heavy atom. The van der Waals surface area contributed by atoms with Crippen LogP contribution in [-0.2, 0) is 5.41 Å². The van der Waals surface area contributed by atoms with Crippen molar-refractivity contribution >= 4 is 31.9 Å². The molecule has 0 fully saturated rings. The van der Waals surface area contributed by atoms with Gasteiger partial charge in [-0.3, -0.25) is 4.68 Å². The minimum Gasteiger partial charge on any atom is -0.265 e. The molecule has 0 saturated carbocycles. The number of nitrogens with zero attached hydrogens (tertiary/aromatic N) is 2. The number of aromatic nitrogens is 2. The van der Waals surface area contributed by atoms with Gasteiger partial charge in [-0.2, -0.15) is 5.10 Å². The third-order valence-corrected chi connectivity index (χ3v) is 3.58. The largest absolute Gasteiger partial charge is 0.265 e. The van der Waals surface area contributed by atoms with Crippen LogP contribution in [0.15, 0.2) is 10.7 Å². The number of rotatable bonds is 4. The molecule has 1 unspecified atom stereocenters. The van der Waals surface area contributed by atoms with Gasteiger partial charge in [0, 0.05) is 16.3 Å². The molecule has 4 heteroatoms. The zero-order valence-electron chi connectivity index (χ0n) is 10.6. The molecule has 0 aliphatic carbocycles. The van der Waals surface area contributed by atoms with Crippen LogP contribution >= 0.6 is 31.9 Å². The minimum absolute atomic E-state index is 0.114. The lowest BCUT2D eigenvalue weighted by atomic mass is 9.84. The Labute approximate surface area is 115 Å². The molecule has 0 aromatic carbocycles. The second kappa shape index (κ2) is 5.21. The molecule has 16 heavy (non-hydrogen) atoms. The standard InChI is InChI=1S/C12H20Br2N2/c1-8(2)16-11(10(14)7-15-16)12(4,5)6-9(3)13/h7-9H,6H2,1-5H3. The van der Waals surface area contributed by atoms with E-state index < -0.39 is 0 Å². The molecule has 0 spiro atoms. The monoisotopic (exact) mass is 350 g/mol. The summed E-state index contributed by atoms with van der Waals surface area (Å²) in [6.07, 6.45) is 2.99. The Bertz CT molecular complexity index is 354. The summed E-state index contributed by atoms with van der Waals surface area (Å²) in [6.45, 7) is 11.1. The van der Waals surface area contributed by atoms with Crippen LogP contribution in [-0.4, -0.2) is 14.6 Å². The summed E-state index contributed by atoms with van der Waals surface area (Å²) in [5.74, 6) is 0. The fourth-order valence-electron chi connectivity index (χ4n) is 2.17. The van der Waals surface area contributed by atoms with Crippen LogP contribution in [0, 0.1) is 0 Å². The summed E-state index contributed by atoms with van der Waals surface area (Å²) in [5.41, 5.74) is 1.40. The highest BCUT2D eigenvalue weighted by atomic mass is 79.9. The van der Waals surface area contributed by atoms with Gasteiger partial charge >= 0.3 is 0 Å². The predicted octanol–water partition coefficient (Wildman–Crippen LogP) is 4.68. The number of hydrogen-bond acceptors (Lipinski definition) is 1. The predicted molar refractivity (Wildman–Crippen MR) is 76.3 cm³/mol. The van der Waals surface area contributed by atoms with Crippen molar-refractivity contribution in [2.75, 3.05) is 0 Å². The number of alkyl halides is 1. The van der Waals surface area contributed by atoms with E-state index in [0.717, 1.165) is 10.9 Å². The van der Waals surface area contributed by atoms with E-state index in [0.29, 0.717) is 10.9 Å². The lowest BCUT2D eigenvalue weighted by Gasteiger charge is -2.29. The summed E-state index contributed by atoms with van der Waals surface area (Å²) >= 11 is 7.25. The van der Waals surface area contributed by atoms with Crippen LogP contribution in [0.1, 0.15) is 52.8 Å². The lowest BCUT2D eigenvalue weighted by Crippen LogP contribution is -2.26. The maximum absolute atomic E-state index is 4.44. The van der Waals surface area contributed by atoms with Gasteiger partial charge in [-0.05, 0) is 36.2 Å². The Morgan fingerprint density at radius 1 is 1.38 bits per heavy atom. The van der Waals surface area contributed by atoms with Gasteiger partial charge in [0.1, 0.15) is 0 Å². The second-order valence-electron chi connectivity index (χ2n) is 5.25. The van der Waals surface area contributed by atoms with Gasteiger partial charge in [-0.1, -0.05) is 36.7 Å². The van der Waals surface area contributed by atoms with Gasteiger partial charge < -0.3 is 0 Å². The van der Waals surface area contributed by atoms with Gasteiger partial charge in [0.05, 0.1) is 16.4 Å². The van der Waals surface area contributed by atoms with Crippen molar-refractivity contribution in [1.82, 2.24) is 9.78 Å². The van der Waals surface area contributed by atoms with Crippen molar-refractivity contribution in [3.63, 3.8) is 0 Å². The fourth-order valence-corrected chi connectivity index (χ4v) is 3.79. The first kappa shape index (κ1) is 14.2. The van der Waals surface area contributed by atoms with Gasteiger partial charge in [0.2, 0.25) is 0 Å². The molecule has 1 aromatic rings. The first-order valence-corrected chi connectivity index (χ1v) is 7.34. The van der Waals surface area contributed by atoms with E-state index in [1.165, 1.54) is 5.69 Å². The molecule has 1 aromatic heterocycles. The van der Waals surface area contributed by atoms with E-state index >= 15 is 0 Å². The molecule has 1 heterocycles. The lowest BCUT2D eigenvalue weighted by molar-refractivity contribution is 0.402.